The molecule has 0 aliphatic carbocycles. The van der Waals surface area contributed by atoms with Gasteiger partial charge in [0.05, 0.1) is 18.6 Å². The van der Waals surface area contributed by atoms with Gasteiger partial charge in [-0.25, -0.2) is 8.42 Å². The minimum absolute atomic E-state index is 0.0590. The summed E-state index contributed by atoms with van der Waals surface area (Å²) in [5, 5.41) is 0. The summed E-state index contributed by atoms with van der Waals surface area (Å²) >= 11 is 0. The predicted octanol–water partition coefficient (Wildman–Crippen LogP) is 1.57. The Labute approximate surface area is 125 Å². The SMILES string of the molecule is COc1cc(C)c(C(=O)N(C)C2CCS(=O)(=O)C2)cc1C. The Hall–Kier alpha value is -1.56. The maximum atomic E-state index is 12.6. The first-order valence-corrected chi connectivity index (χ1v) is 8.70. The number of amides is 1. The van der Waals surface area contributed by atoms with Crippen molar-refractivity contribution in [3.8, 4) is 5.75 Å². The monoisotopic (exact) mass is 311 g/mol. The van der Waals surface area contributed by atoms with Crippen LogP contribution in [0.1, 0.15) is 27.9 Å². The smallest absolute Gasteiger partial charge is 0.254 e. The normalized spacial score (nSPS) is 20.3. The summed E-state index contributed by atoms with van der Waals surface area (Å²) in [4.78, 5) is 14.2. The number of hydrogen-bond donors (Lipinski definition) is 0. The van der Waals surface area contributed by atoms with Crippen molar-refractivity contribution >= 4 is 15.7 Å². The van der Waals surface area contributed by atoms with Crippen LogP contribution in [0, 0.1) is 13.8 Å². The second-order valence-corrected chi connectivity index (χ2v) is 7.84. The molecule has 0 radical (unpaired) electrons. The van der Waals surface area contributed by atoms with Gasteiger partial charge in [-0.1, -0.05) is 0 Å². The van der Waals surface area contributed by atoms with Crippen molar-refractivity contribution in [1.29, 1.82) is 0 Å². The lowest BCUT2D eigenvalue weighted by Crippen LogP contribution is -2.38. The van der Waals surface area contributed by atoms with E-state index >= 15 is 0 Å². The number of sulfone groups is 1. The molecule has 1 aromatic carbocycles. The second-order valence-electron chi connectivity index (χ2n) is 5.61. The average Bonchev–Trinajstić information content (AvgIpc) is 2.79. The van der Waals surface area contributed by atoms with E-state index in [9.17, 15) is 13.2 Å². The number of rotatable bonds is 3. The lowest BCUT2D eigenvalue weighted by atomic mass is 10.0. The molecule has 0 saturated carbocycles. The zero-order chi connectivity index (χ0) is 15.8. The van der Waals surface area contributed by atoms with Crippen molar-refractivity contribution in [2.75, 3.05) is 25.7 Å². The molecule has 1 atom stereocenters. The third-order valence-electron chi connectivity index (χ3n) is 4.05. The van der Waals surface area contributed by atoms with Gasteiger partial charge in [0.1, 0.15) is 5.75 Å². The Morgan fingerprint density at radius 1 is 1.29 bits per heavy atom. The fourth-order valence-electron chi connectivity index (χ4n) is 2.68. The molecule has 0 aromatic heterocycles. The number of hydrogen-bond acceptors (Lipinski definition) is 4. The summed E-state index contributed by atoms with van der Waals surface area (Å²) in [7, 11) is 0.270. The molecule has 2 rings (SSSR count). The van der Waals surface area contributed by atoms with Crippen molar-refractivity contribution < 1.29 is 17.9 Å². The largest absolute Gasteiger partial charge is 0.496 e. The van der Waals surface area contributed by atoms with Gasteiger partial charge in [-0.05, 0) is 43.5 Å². The van der Waals surface area contributed by atoms with E-state index in [1.54, 1.807) is 25.1 Å². The van der Waals surface area contributed by atoms with Crippen LogP contribution in [0.25, 0.3) is 0 Å². The Bertz CT molecular complexity index is 666. The molecular formula is C15H21NO4S. The third kappa shape index (κ3) is 3.20. The van der Waals surface area contributed by atoms with Gasteiger partial charge in [0.25, 0.3) is 5.91 Å². The second kappa shape index (κ2) is 5.67. The third-order valence-corrected chi connectivity index (χ3v) is 5.80. The molecule has 1 aliphatic rings. The summed E-state index contributed by atoms with van der Waals surface area (Å²) in [5.74, 6) is 0.829. The van der Waals surface area contributed by atoms with Crippen LogP contribution in [0.15, 0.2) is 12.1 Å². The summed E-state index contributed by atoms with van der Waals surface area (Å²) < 4.78 is 28.4. The van der Waals surface area contributed by atoms with Crippen molar-refractivity contribution in [2.24, 2.45) is 0 Å². The van der Waals surface area contributed by atoms with E-state index in [1.165, 1.54) is 0 Å². The molecule has 0 N–H and O–H groups in total. The molecule has 0 spiro atoms. The first-order valence-electron chi connectivity index (χ1n) is 6.88. The molecular weight excluding hydrogens is 290 g/mol. The molecule has 1 saturated heterocycles. The summed E-state index contributed by atoms with van der Waals surface area (Å²) in [6.07, 6.45) is 0.513. The molecule has 5 nitrogen and oxygen atoms in total. The van der Waals surface area contributed by atoms with Gasteiger partial charge >= 0.3 is 0 Å². The Kier molecular flexibility index (Phi) is 4.27. The fraction of sp³-hybridized carbons (Fsp3) is 0.533. The molecule has 1 unspecified atom stereocenters. The van der Waals surface area contributed by atoms with E-state index in [-0.39, 0.29) is 23.5 Å². The van der Waals surface area contributed by atoms with Crippen LogP contribution in [0.5, 0.6) is 5.75 Å². The lowest BCUT2D eigenvalue weighted by Gasteiger charge is -2.24. The summed E-state index contributed by atoms with van der Waals surface area (Å²) in [6.45, 7) is 3.74. The Morgan fingerprint density at radius 3 is 2.48 bits per heavy atom. The van der Waals surface area contributed by atoms with Gasteiger partial charge in [-0.3, -0.25) is 4.79 Å². The van der Waals surface area contributed by atoms with E-state index in [0.29, 0.717) is 12.0 Å². The van der Waals surface area contributed by atoms with Gasteiger partial charge in [0.2, 0.25) is 0 Å². The number of nitrogens with zero attached hydrogens (tertiary/aromatic N) is 1. The van der Waals surface area contributed by atoms with Gasteiger partial charge in [-0.15, -0.1) is 0 Å². The van der Waals surface area contributed by atoms with Crippen LogP contribution < -0.4 is 4.74 Å². The molecule has 116 valence electrons. The van der Waals surface area contributed by atoms with E-state index in [4.69, 9.17) is 4.74 Å². The first kappa shape index (κ1) is 15.8. The van der Waals surface area contributed by atoms with E-state index in [0.717, 1.165) is 16.9 Å². The first-order chi connectivity index (χ1) is 9.75. The van der Waals surface area contributed by atoms with Crippen LogP contribution in [0.4, 0.5) is 0 Å². The van der Waals surface area contributed by atoms with Gasteiger partial charge in [0.15, 0.2) is 9.84 Å². The van der Waals surface area contributed by atoms with Gasteiger partial charge in [0, 0.05) is 18.7 Å². The number of carbonyl (C=O) groups excluding carboxylic acids is 1. The summed E-state index contributed by atoms with van der Waals surface area (Å²) in [5.41, 5.74) is 2.31. The van der Waals surface area contributed by atoms with Crippen LogP contribution in [-0.2, 0) is 9.84 Å². The fourth-order valence-corrected chi connectivity index (χ4v) is 4.45. The minimum atomic E-state index is -3.00. The number of carbonyl (C=O) groups is 1. The average molecular weight is 311 g/mol. The van der Waals surface area contributed by atoms with Crippen molar-refractivity contribution in [3.05, 3.63) is 28.8 Å². The van der Waals surface area contributed by atoms with Crippen LogP contribution in [0.3, 0.4) is 0 Å². The maximum Gasteiger partial charge on any atom is 0.254 e. The van der Waals surface area contributed by atoms with E-state index in [1.807, 2.05) is 19.9 Å². The molecule has 1 amide bonds. The zero-order valence-corrected chi connectivity index (χ0v) is 13.7. The van der Waals surface area contributed by atoms with E-state index in [2.05, 4.69) is 0 Å². The maximum absolute atomic E-state index is 12.6. The lowest BCUT2D eigenvalue weighted by molar-refractivity contribution is 0.0747. The topological polar surface area (TPSA) is 63.7 Å². The number of methoxy groups -OCH3 is 1. The van der Waals surface area contributed by atoms with Crippen LogP contribution >= 0.6 is 0 Å². The number of ether oxygens (including phenoxy) is 1. The minimum Gasteiger partial charge on any atom is -0.496 e. The molecule has 1 aromatic rings. The Morgan fingerprint density at radius 2 is 1.95 bits per heavy atom. The molecule has 1 fully saturated rings. The molecule has 6 heteroatoms. The van der Waals surface area contributed by atoms with Crippen LogP contribution in [-0.4, -0.2) is 50.9 Å². The standard InChI is InChI=1S/C15H21NO4S/c1-10-8-14(20-4)11(2)7-13(10)15(17)16(3)12-5-6-21(18,19)9-12/h7-8,12H,5-6,9H2,1-4H3. The van der Waals surface area contributed by atoms with Gasteiger partial charge in [-0.2, -0.15) is 0 Å². The number of benzene rings is 1. The van der Waals surface area contributed by atoms with Crippen molar-refractivity contribution in [3.63, 3.8) is 0 Å². The summed E-state index contributed by atoms with van der Waals surface area (Å²) in [6, 6.07) is 3.41. The number of aryl methyl sites for hydroxylation is 2. The highest BCUT2D eigenvalue weighted by molar-refractivity contribution is 7.91. The zero-order valence-electron chi connectivity index (χ0n) is 12.8. The van der Waals surface area contributed by atoms with Crippen molar-refractivity contribution in [1.82, 2.24) is 4.90 Å². The van der Waals surface area contributed by atoms with Crippen LogP contribution in [0.2, 0.25) is 0 Å². The molecule has 21 heavy (non-hydrogen) atoms. The highest BCUT2D eigenvalue weighted by atomic mass is 32.2. The van der Waals surface area contributed by atoms with Crippen molar-refractivity contribution in [2.45, 2.75) is 26.3 Å². The molecule has 0 bridgehead atoms. The van der Waals surface area contributed by atoms with Gasteiger partial charge < -0.3 is 9.64 Å². The predicted molar refractivity (Wildman–Crippen MR) is 81.6 cm³/mol. The Balaban J connectivity index is 2.26. The highest BCUT2D eigenvalue weighted by Gasteiger charge is 2.33. The molecule has 1 heterocycles. The molecule has 1 aliphatic heterocycles. The highest BCUT2D eigenvalue weighted by Crippen LogP contribution is 2.25. The van der Waals surface area contributed by atoms with E-state index < -0.39 is 9.84 Å². The quantitative estimate of drug-likeness (QED) is 0.850.